The van der Waals surface area contributed by atoms with Gasteiger partial charge in [0.05, 0.1) is 18.8 Å². The Balaban J connectivity index is 1.57. The smallest absolute Gasteiger partial charge is 0.407 e. The Hall–Kier alpha value is -2.32. The molecule has 2 fully saturated rings. The molecule has 3 rings (SSSR count). The second-order valence-corrected chi connectivity index (χ2v) is 9.41. The topological polar surface area (TPSA) is 74.4 Å². The number of methoxy groups -OCH3 is 1. The molecule has 0 bridgehead atoms. The van der Waals surface area contributed by atoms with Gasteiger partial charge in [0.15, 0.2) is 0 Å². The van der Waals surface area contributed by atoms with Crippen LogP contribution in [0.15, 0.2) is 24.3 Å². The number of anilines is 1. The van der Waals surface area contributed by atoms with Gasteiger partial charge in [-0.25, -0.2) is 9.59 Å². The Kier molecular flexibility index (Phi) is 7.43. The molecular weight excluding hydrogens is 396 g/mol. The van der Waals surface area contributed by atoms with Gasteiger partial charge in [-0.2, -0.15) is 0 Å². The number of ether oxygens (including phenoxy) is 2. The molecule has 2 aliphatic rings. The summed E-state index contributed by atoms with van der Waals surface area (Å²) in [5.74, 6) is -0.313. The van der Waals surface area contributed by atoms with E-state index in [1.807, 2.05) is 39.0 Å². The number of nitrogens with zero attached hydrogens (tertiary/aromatic N) is 3. The number of hydrogen-bond acceptors (Lipinski definition) is 7. The third-order valence-corrected chi connectivity index (χ3v) is 5.92. The lowest BCUT2D eigenvalue weighted by molar-refractivity contribution is 0.0253. The lowest BCUT2D eigenvalue weighted by Gasteiger charge is -2.47. The number of benzene rings is 1. The van der Waals surface area contributed by atoms with Gasteiger partial charge in [0.1, 0.15) is 5.60 Å². The first kappa shape index (κ1) is 23.3. The van der Waals surface area contributed by atoms with Crippen LogP contribution in [0.5, 0.6) is 0 Å². The lowest BCUT2D eigenvalue weighted by atomic mass is 10.0. The van der Waals surface area contributed by atoms with E-state index < -0.39 is 5.60 Å². The molecule has 1 amide bonds. The van der Waals surface area contributed by atoms with Crippen molar-refractivity contribution in [2.45, 2.75) is 51.4 Å². The summed E-state index contributed by atoms with van der Waals surface area (Å²) in [7, 11) is 3.57. The van der Waals surface area contributed by atoms with Crippen molar-refractivity contribution in [3.8, 4) is 0 Å². The maximum Gasteiger partial charge on any atom is 0.407 e. The van der Waals surface area contributed by atoms with E-state index in [-0.39, 0.29) is 24.3 Å². The minimum atomic E-state index is -0.482. The lowest BCUT2D eigenvalue weighted by Crippen LogP contribution is -2.61. The molecule has 0 radical (unpaired) electrons. The SMILES string of the molecule is COC(=O)c1cccc(N2CCN(C)C(N3CCC(NC(=O)OC(C)(C)C)CC3)C2)c1. The second-order valence-electron chi connectivity index (χ2n) is 9.41. The molecule has 31 heavy (non-hydrogen) atoms. The summed E-state index contributed by atoms with van der Waals surface area (Å²) in [5.41, 5.74) is 1.14. The van der Waals surface area contributed by atoms with Gasteiger partial charge in [0.25, 0.3) is 0 Å². The van der Waals surface area contributed by atoms with E-state index in [4.69, 9.17) is 9.47 Å². The third kappa shape index (κ3) is 6.33. The highest BCUT2D eigenvalue weighted by atomic mass is 16.6. The van der Waals surface area contributed by atoms with Gasteiger partial charge in [-0.1, -0.05) is 6.07 Å². The molecule has 8 nitrogen and oxygen atoms in total. The molecule has 2 aliphatic heterocycles. The molecule has 0 aromatic heterocycles. The van der Waals surface area contributed by atoms with E-state index in [2.05, 4.69) is 27.1 Å². The summed E-state index contributed by atoms with van der Waals surface area (Å²) in [6.07, 6.45) is 1.76. The molecule has 2 saturated heterocycles. The fraction of sp³-hybridized carbons (Fsp3) is 0.652. The molecule has 1 N–H and O–H groups in total. The quantitative estimate of drug-likeness (QED) is 0.733. The van der Waals surface area contributed by atoms with Crippen molar-refractivity contribution >= 4 is 17.7 Å². The van der Waals surface area contributed by atoms with Crippen LogP contribution in [-0.2, 0) is 9.47 Å². The first-order valence-electron chi connectivity index (χ1n) is 11.0. The zero-order valence-electron chi connectivity index (χ0n) is 19.4. The molecule has 1 aromatic rings. The predicted octanol–water partition coefficient (Wildman–Crippen LogP) is 2.54. The molecule has 1 unspecified atom stereocenters. The fourth-order valence-corrected chi connectivity index (χ4v) is 4.25. The molecule has 0 aliphatic carbocycles. The number of rotatable bonds is 4. The summed E-state index contributed by atoms with van der Waals surface area (Å²) < 4.78 is 10.3. The first-order chi connectivity index (χ1) is 14.7. The van der Waals surface area contributed by atoms with Crippen molar-refractivity contribution in [2.24, 2.45) is 0 Å². The Labute approximate surface area is 185 Å². The second kappa shape index (κ2) is 9.87. The number of likely N-dealkylation sites (tertiary alicyclic amines) is 1. The van der Waals surface area contributed by atoms with Gasteiger partial charge >= 0.3 is 12.1 Å². The zero-order chi connectivity index (χ0) is 22.6. The van der Waals surface area contributed by atoms with Crippen molar-refractivity contribution in [3.05, 3.63) is 29.8 Å². The molecule has 1 aromatic carbocycles. The molecule has 1 atom stereocenters. The number of piperidine rings is 1. The van der Waals surface area contributed by atoms with Crippen LogP contribution in [0.1, 0.15) is 44.0 Å². The molecular formula is C23H36N4O4. The normalized spacial score (nSPS) is 21.6. The zero-order valence-corrected chi connectivity index (χ0v) is 19.4. The van der Waals surface area contributed by atoms with Gasteiger partial charge in [-0.15, -0.1) is 0 Å². The first-order valence-corrected chi connectivity index (χ1v) is 11.0. The monoisotopic (exact) mass is 432 g/mol. The average Bonchev–Trinajstić information content (AvgIpc) is 2.73. The number of hydrogen-bond donors (Lipinski definition) is 1. The maximum atomic E-state index is 12.1. The summed E-state index contributed by atoms with van der Waals surface area (Å²) in [5, 5.41) is 3.01. The van der Waals surface area contributed by atoms with E-state index in [1.54, 1.807) is 6.07 Å². The number of esters is 1. The molecule has 0 spiro atoms. The van der Waals surface area contributed by atoms with E-state index in [1.165, 1.54) is 7.11 Å². The number of alkyl carbamates (subject to hydrolysis) is 1. The summed E-state index contributed by atoms with van der Waals surface area (Å²) in [6.45, 7) is 10.2. The highest BCUT2D eigenvalue weighted by Crippen LogP contribution is 2.24. The van der Waals surface area contributed by atoms with Crippen LogP contribution in [0.25, 0.3) is 0 Å². The number of piperazine rings is 1. The Morgan fingerprint density at radius 3 is 2.45 bits per heavy atom. The fourth-order valence-electron chi connectivity index (χ4n) is 4.25. The minimum absolute atomic E-state index is 0.146. The Bertz CT molecular complexity index is 771. The highest BCUT2D eigenvalue weighted by Gasteiger charge is 2.33. The van der Waals surface area contributed by atoms with Crippen molar-refractivity contribution in [1.29, 1.82) is 0 Å². The van der Waals surface area contributed by atoms with Crippen LogP contribution in [0.2, 0.25) is 0 Å². The van der Waals surface area contributed by atoms with E-state index in [0.29, 0.717) is 5.56 Å². The molecule has 2 heterocycles. The van der Waals surface area contributed by atoms with Gasteiger partial charge in [-0.3, -0.25) is 9.80 Å². The molecule has 0 saturated carbocycles. The minimum Gasteiger partial charge on any atom is -0.465 e. The van der Waals surface area contributed by atoms with Crippen LogP contribution >= 0.6 is 0 Å². The van der Waals surface area contributed by atoms with Crippen molar-refractivity contribution in [1.82, 2.24) is 15.1 Å². The van der Waals surface area contributed by atoms with Crippen LogP contribution in [0, 0.1) is 0 Å². The highest BCUT2D eigenvalue weighted by molar-refractivity contribution is 5.90. The van der Waals surface area contributed by atoms with Gasteiger partial charge in [-0.05, 0) is 58.9 Å². The van der Waals surface area contributed by atoms with Crippen LogP contribution in [-0.4, -0.2) is 86.6 Å². The van der Waals surface area contributed by atoms with Crippen LogP contribution < -0.4 is 10.2 Å². The summed E-state index contributed by atoms with van der Waals surface area (Å²) in [6, 6.07) is 7.79. The predicted molar refractivity (Wildman–Crippen MR) is 120 cm³/mol. The standard InChI is InChI=1S/C23H36N4O4/c1-23(2,3)31-22(29)24-18-9-11-26(12-10-18)20-16-27(14-13-25(20)4)19-8-6-7-17(15-19)21(28)30-5/h6-8,15,18,20H,9-14,16H2,1-5H3,(H,24,29). The molecule has 172 valence electrons. The van der Waals surface area contributed by atoms with Crippen molar-refractivity contribution < 1.29 is 19.1 Å². The Morgan fingerprint density at radius 1 is 1.10 bits per heavy atom. The van der Waals surface area contributed by atoms with Gasteiger partial charge in [0, 0.05) is 44.5 Å². The van der Waals surface area contributed by atoms with E-state index in [0.717, 1.165) is 51.3 Å². The summed E-state index contributed by atoms with van der Waals surface area (Å²) in [4.78, 5) is 31.2. The van der Waals surface area contributed by atoms with Crippen LogP contribution in [0.4, 0.5) is 10.5 Å². The van der Waals surface area contributed by atoms with Gasteiger partial charge in [0.2, 0.25) is 0 Å². The van der Waals surface area contributed by atoms with Crippen molar-refractivity contribution in [3.63, 3.8) is 0 Å². The largest absolute Gasteiger partial charge is 0.465 e. The van der Waals surface area contributed by atoms with Gasteiger partial charge < -0.3 is 19.7 Å². The maximum absolute atomic E-state index is 12.1. The number of carbonyl (C=O) groups is 2. The third-order valence-electron chi connectivity index (χ3n) is 5.92. The average molecular weight is 433 g/mol. The number of amides is 1. The number of likely N-dealkylation sites (N-methyl/N-ethyl adjacent to an activating group) is 1. The van der Waals surface area contributed by atoms with E-state index >= 15 is 0 Å². The number of carbonyl (C=O) groups excluding carboxylic acids is 2. The Morgan fingerprint density at radius 2 is 1.81 bits per heavy atom. The summed E-state index contributed by atoms with van der Waals surface area (Å²) >= 11 is 0. The van der Waals surface area contributed by atoms with Crippen molar-refractivity contribution in [2.75, 3.05) is 51.8 Å². The van der Waals surface area contributed by atoms with Crippen LogP contribution in [0.3, 0.4) is 0 Å². The molecule has 8 heteroatoms. The van der Waals surface area contributed by atoms with E-state index in [9.17, 15) is 9.59 Å². The number of nitrogens with one attached hydrogen (secondary N) is 1.